The van der Waals surface area contributed by atoms with Gasteiger partial charge in [-0.2, -0.15) is 0 Å². The van der Waals surface area contributed by atoms with Gasteiger partial charge in [0, 0.05) is 34.6 Å². The molecule has 0 saturated heterocycles. The molecule has 2 N–H and O–H groups in total. The number of nitrogens with zero attached hydrogens (tertiary/aromatic N) is 1. The Labute approximate surface area is 163 Å². The maximum Gasteiger partial charge on any atom is 0.255 e. The molecule has 2 aromatic carbocycles. The smallest absolute Gasteiger partial charge is 0.255 e. The second-order valence-corrected chi connectivity index (χ2v) is 7.80. The van der Waals surface area contributed by atoms with E-state index >= 15 is 0 Å². The summed E-state index contributed by atoms with van der Waals surface area (Å²) in [6.45, 7) is 4.04. The molecule has 0 spiro atoms. The van der Waals surface area contributed by atoms with Crippen LogP contribution in [-0.4, -0.2) is 33.8 Å². The van der Waals surface area contributed by atoms with E-state index in [1.807, 2.05) is 50.2 Å². The van der Waals surface area contributed by atoms with Crippen LogP contribution in [0, 0.1) is 0 Å². The van der Waals surface area contributed by atoms with E-state index in [2.05, 4.69) is 22.4 Å². The molecule has 2 amide bonds. The maximum atomic E-state index is 13.3. The van der Waals surface area contributed by atoms with Crippen molar-refractivity contribution in [3.8, 4) is 0 Å². The van der Waals surface area contributed by atoms with Gasteiger partial charge in [-0.15, -0.1) is 0 Å². The molecule has 5 heteroatoms. The van der Waals surface area contributed by atoms with Crippen molar-refractivity contribution in [3.63, 3.8) is 0 Å². The number of hydrogen-bond donors (Lipinski definition) is 2. The number of carbonyl (C=O) groups excluding carboxylic acids is 2. The molecule has 0 radical (unpaired) electrons. The number of fused-ring (bicyclic) bond motifs is 7. The van der Waals surface area contributed by atoms with E-state index in [-0.39, 0.29) is 23.9 Å². The topological polar surface area (TPSA) is 65.2 Å². The summed E-state index contributed by atoms with van der Waals surface area (Å²) in [4.78, 5) is 31.7. The summed E-state index contributed by atoms with van der Waals surface area (Å²) in [5.74, 6) is -0.134. The third-order valence-electron chi connectivity index (χ3n) is 6.16. The molecule has 0 fully saturated rings. The van der Waals surface area contributed by atoms with E-state index in [4.69, 9.17) is 0 Å². The van der Waals surface area contributed by atoms with Gasteiger partial charge in [-0.05, 0) is 36.6 Å². The first-order valence-electron chi connectivity index (χ1n) is 9.91. The van der Waals surface area contributed by atoms with E-state index in [1.165, 1.54) is 0 Å². The van der Waals surface area contributed by atoms with Crippen molar-refractivity contribution in [1.82, 2.24) is 15.2 Å². The zero-order valence-electron chi connectivity index (χ0n) is 16.0. The van der Waals surface area contributed by atoms with Crippen LogP contribution in [0.4, 0.5) is 0 Å². The second kappa shape index (κ2) is 6.23. The number of hydrogen-bond acceptors (Lipinski definition) is 2. The number of carbonyl (C=O) groups is 2. The minimum atomic E-state index is -0.509. The van der Waals surface area contributed by atoms with E-state index in [9.17, 15) is 9.59 Å². The second-order valence-electron chi connectivity index (χ2n) is 7.80. The molecular weight excluding hydrogens is 350 g/mol. The highest BCUT2D eigenvalue weighted by molar-refractivity contribution is 6.03. The van der Waals surface area contributed by atoms with Gasteiger partial charge >= 0.3 is 0 Å². The first-order valence-corrected chi connectivity index (χ1v) is 9.91. The summed E-state index contributed by atoms with van der Waals surface area (Å²) in [5.41, 5.74) is 4.90. The van der Waals surface area contributed by atoms with Crippen molar-refractivity contribution in [1.29, 1.82) is 0 Å². The Bertz CT molecular complexity index is 1100. The van der Waals surface area contributed by atoms with Crippen molar-refractivity contribution in [2.24, 2.45) is 0 Å². The Morgan fingerprint density at radius 3 is 2.79 bits per heavy atom. The minimum Gasteiger partial charge on any atom is -0.356 e. The van der Waals surface area contributed by atoms with Gasteiger partial charge in [-0.1, -0.05) is 43.3 Å². The SMILES string of the molecule is CC[C@H](C)NC(=O)[C@@H]1Cc2c([nH]c3ccccc23)[C@@H]2c3ccccc3C(=O)N21. The summed E-state index contributed by atoms with van der Waals surface area (Å²) in [6.07, 6.45) is 1.38. The maximum absolute atomic E-state index is 13.3. The third-order valence-corrected chi connectivity index (χ3v) is 6.16. The molecule has 5 rings (SSSR count). The number of benzene rings is 2. The largest absolute Gasteiger partial charge is 0.356 e. The molecular formula is C23H23N3O2. The van der Waals surface area contributed by atoms with E-state index in [1.54, 1.807) is 4.90 Å². The average molecular weight is 373 g/mol. The highest BCUT2D eigenvalue weighted by atomic mass is 16.2. The Kier molecular flexibility index (Phi) is 3.79. The Morgan fingerprint density at radius 2 is 1.96 bits per heavy atom. The summed E-state index contributed by atoms with van der Waals surface area (Å²) in [6, 6.07) is 15.2. The van der Waals surface area contributed by atoms with Gasteiger partial charge in [0.2, 0.25) is 5.91 Å². The molecule has 3 aromatic rings. The molecule has 2 aliphatic heterocycles. The first kappa shape index (κ1) is 17.0. The Morgan fingerprint density at radius 1 is 1.21 bits per heavy atom. The van der Waals surface area contributed by atoms with Crippen LogP contribution in [0.15, 0.2) is 48.5 Å². The van der Waals surface area contributed by atoms with Crippen LogP contribution >= 0.6 is 0 Å². The normalized spacial score (nSPS) is 21.2. The molecule has 142 valence electrons. The Balaban J connectivity index is 1.69. The zero-order valence-corrected chi connectivity index (χ0v) is 16.0. The van der Waals surface area contributed by atoms with Crippen molar-refractivity contribution in [2.45, 2.75) is 44.8 Å². The molecule has 0 aliphatic carbocycles. The van der Waals surface area contributed by atoms with Gasteiger partial charge in [0.1, 0.15) is 6.04 Å². The summed E-state index contributed by atoms with van der Waals surface area (Å²) >= 11 is 0. The van der Waals surface area contributed by atoms with Crippen molar-refractivity contribution in [2.75, 3.05) is 0 Å². The summed E-state index contributed by atoms with van der Waals surface area (Å²) in [5, 5.41) is 4.22. The third kappa shape index (κ3) is 2.32. The highest BCUT2D eigenvalue weighted by Crippen LogP contribution is 2.46. The van der Waals surface area contributed by atoms with Gasteiger partial charge in [0.05, 0.1) is 6.04 Å². The number of H-pyrrole nitrogens is 1. The van der Waals surface area contributed by atoms with Crippen molar-refractivity contribution >= 4 is 22.7 Å². The predicted octanol–water partition coefficient (Wildman–Crippen LogP) is 3.55. The molecule has 0 saturated carbocycles. The van der Waals surface area contributed by atoms with Gasteiger partial charge < -0.3 is 15.2 Å². The van der Waals surface area contributed by atoms with Crippen LogP contribution in [0.2, 0.25) is 0 Å². The lowest BCUT2D eigenvalue weighted by Crippen LogP contribution is -2.53. The van der Waals surface area contributed by atoms with E-state index < -0.39 is 6.04 Å². The van der Waals surface area contributed by atoms with Gasteiger partial charge in [0.25, 0.3) is 5.91 Å². The summed E-state index contributed by atoms with van der Waals surface area (Å²) < 4.78 is 0. The molecule has 28 heavy (non-hydrogen) atoms. The van der Waals surface area contributed by atoms with Crippen LogP contribution in [0.25, 0.3) is 10.9 Å². The van der Waals surface area contributed by atoms with Gasteiger partial charge in [-0.3, -0.25) is 9.59 Å². The molecule has 1 aromatic heterocycles. The monoisotopic (exact) mass is 373 g/mol. The molecule has 3 atom stereocenters. The number of nitrogens with one attached hydrogen (secondary N) is 2. The number of rotatable bonds is 3. The lowest BCUT2D eigenvalue weighted by atomic mass is 9.90. The minimum absolute atomic E-state index is 0.0609. The zero-order chi connectivity index (χ0) is 19.4. The number of amides is 2. The van der Waals surface area contributed by atoms with Crippen LogP contribution in [0.5, 0.6) is 0 Å². The van der Waals surface area contributed by atoms with Crippen LogP contribution in [0.3, 0.4) is 0 Å². The van der Waals surface area contributed by atoms with Gasteiger partial charge in [0.15, 0.2) is 0 Å². The van der Waals surface area contributed by atoms with E-state index in [0.29, 0.717) is 12.0 Å². The predicted molar refractivity (Wildman–Crippen MR) is 108 cm³/mol. The fourth-order valence-corrected chi connectivity index (χ4v) is 4.58. The van der Waals surface area contributed by atoms with Crippen molar-refractivity contribution < 1.29 is 9.59 Å². The molecule has 0 bridgehead atoms. The Hall–Kier alpha value is -3.08. The number of aromatic nitrogens is 1. The van der Waals surface area contributed by atoms with Crippen LogP contribution in [-0.2, 0) is 11.2 Å². The first-order chi connectivity index (χ1) is 13.6. The fraction of sp³-hybridized carbons (Fsp3) is 0.304. The molecule has 2 aliphatic rings. The van der Waals surface area contributed by atoms with E-state index in [0.717, 1.165) is 34.1 Å². The average Bonchev–Trinajstić information content (AvgIpc) is 3.23. The molecule has 0 unspecified atom stereocenters. The van der Waals surface area contributed by atoms with Crippen molar-refractivity contribution in [3.05, 3.63) is 70.9 Å². The standard InChI is InChI=1S/C23H23N3O2/c1-3-13(2)24-22(27)19-12-17-14-8-6-7-11-18(14)25-20(17)21-15-9-4-5-10-16(15)23(28)26(19)21/h4-11,13,19,21,25H,3,12H2,1-2H3,(H,24,27)/t13-,19-,21-/m0/s1. The van der Waals surface area contributed by atoms with Crippen LogP contribution in [0.1, 0.15) is 53.5 Å². The fourth-order valence-electron chi connectivity index (χ4n) is 4.58. The van der Waals surface area contributed by atoms with Crippen LogP contribution < -0.4 is 5.32 Å². The molecule has 5 nitrogen and oxygen atoms in total. The lowest BCUT2D eigenvalue weighted by molar-refractivity contribution is -0.127. The number of aromatic amines is 1. The highest BCUT2D eigenvalue weighted by Gasteiger charge is 2.48. The molecule has 3 heterocycles. The quantitative estimate of drug-likeness (QED) is 0.737. The summed E-state index contributed by atoms with van der Waals surface area (Å²) in [7, 11) is 0. The van der Waals surface area contributed by atoms with Gasteiger partial charge in [-0.25, -0.2) is 0 Å². The number of para-hydroxylation sites is 1. The lowest BCUT2D eigenvalue weighted by Gasteiger charge is -2.37.